The number of carbonyl (C=O) groups excluding carboxylic acids is 1. The van der Waals surface area contributed by atoms with E-state index in [4.69, 9.17) is 0 Å². The second-order valence-electron chi connectivity index (χ2n) is 6.14. The van der Waals surface area contributed by atoms with Crippen LogP contribution in [0, 0.1) is 6.92 Å². The lowest BCUT2D eigenvalue weighted by Crippen LogP contribution is -2.32. The summed E-state index contributed by atoms with van der Waals surface area (Å²) in [5, 5.41) is 4.35. The molecule has 0 radical (unpaired) electrons. The van der Waals surface area contributed by atoms with Crippen LogP contribution in [0.4, 0.5) is 0 Å². The van der Waals surface area contributed by atoms with E-state index in [2.05, 4.69) is 15.3 Å². The average molecular weight is 346 g/mol. The van der Waals surface area contributed by atoms with Gasteiger partial charge in [0.1, 0.15) is 5.82 Å². The monoisotopic (exact) mass is 346 g/mol. The minimum Gasteiger partial charge on any atom is -0.360 e. The maximum absolute atomic E-state index is 12.6. The molecule has 0 aliphatic heterocycles. The van der Waals surface area contributed by atoms with E-state index >= 15 is 0 Å². The Labute approximate surface area is 149 Å². The standard InChI is InChI=1S/C20H18N4O2/c1-13-23-18-9-5-3-7-15(18)20(26)24(13)11-10-21-19(25)16-12-22-17-8-4-2-6-14(16)17/h2-9,12,22H,10-11H2,1H3,(H,21,25). The van der Waals surface area contributed by atoms with E-state index in [-0.39, 0.29) is 11.5 Å². The second-order valence-corrected chi connectivity index (χ2v) is 6.14. The maximum atomic E-state index is 12.6. The van der Waals surface area contributed by atoms with Gasteiger partial charge in [-0.1, -0.05) is 30.3 Å². The van der Waals surface area contributed by atoms with Crippen LogP contribution < -0.4 is 10.9 Å². The van der Waals surface area contributed by atoms with Gasteiger partial charge in [-0.05, 0) is 25.1 Å². The molecule has 2 heterocycles. The minimum absolute atomic E-state index is 0.0885. The largest absolute Gasteiger partial charge is 0.360 e. The summed E-state index contributed by atoms with van der Waals surface area (Å²) >= 11 is 0. The summed E-state index contributed by atoms with van der Waals surface area (Å²) in [5.74, 6) is 0.469. The zero-order valence-electron chi connectivity index (χ0n) is 14.3. The van der Waals surface area contributed by atoms with E-state index in [9.17, 15) is 9.59 Å². The number of aromatic amines is 1. The molecule has 4 aromatic rings. The van der Waals surface area contributed by atoms with Gasteiger partial charge in [0.05, 0.1) is 16.5 Å². The van der Waals surface area contributed by atoms with Gasteiger partial charge in [0.15, 0.2) is 0 Å². The third-order valence-electron chi connectivity index (χ3n) is 4.51. The van der Waals surface area contributed by atoms with Crippen molar-refractivity contribution in [2.45, 2.75) is 13.5 Å². The van der Waals surface area contributed by atoms with Crippen LogP contribution in [-0.4, -0.2) is 27.0 Å². The fraction of sp³-hybridized carbons (Fsp3) is 0.150. The van der Waals surface area contributed by atoms with Crippen molar-refractivity contribution in [2.24, 2.45) is 0 Å². The van der Waals surface area contributed by atoms with Gasteiger partial charge in [-0.15, -0.1) is 0 Å². The number of aryl methyl sites for hydroxylation is 1. The highest BCUT2D eigenvalue weighted by atomic mass is 16.1. The van der Waals surface area contributed by atoms with Crippen LogP contribution in [0.15, 0.2) is 59.5 Å². The van der Waals surface area contributed by atoms with Crippen molar-refractivity contribution in [3.05, 3.63) is 76.5 Å². The van der Waals surface area contributed by atoms with E-state index in [1.165, 1.54) is 0 Å². The van der Waals surface area contributed by atoms with Crippen LogP contribution in [0.1, 0.15) is 16.2 Å². The smallest absolute Gasteiger partial charge is 0.261 e. The molecule has 0 aliphatic rings. The number of hydrogen-bond acceptors (Lipinski definition) is 3. The number of carbonyl (C=O) groups is 1. The van der Waals surface area contributed by atoms with Gasteiger partial charge in [-0.25, -0.2) is 4.98 Å². The van der Waals surface area contributed by atoms with Crippen molar-refractivity contribution in [1.82, 2.24) is 19.9 Å². The molecule has 2 aromatic carbocycles. The summed E-state index contributed by atoms with van der Waals surface area (Å²) in [6.45, 7) is 2.52. The van der Waals surface area contributed by atoms with Gasteiger partial charge in [-0.2, -0.15) is 0 Å². The first kappa shape index (κ1) is 16.1. The highest BCUT2D eigenvalue weighted by Crippen LogP contribution is 2.17. The number of rotatable bonds is 4. The molecule has 0 atom stereocenters. The van der Waals surface area contributed by atoms with Crippen molar-refractivity contribution in [3.8, 4) is 0 Å². The number of H-pyrrole nitrogens is 1. The Hall–Kier alpha value is -3.41. The van der Waals surface area contributed by atoms with Crippen molar-refractivity contribution < 1.29 is 4.79 Å². The number of aromatic nitrogens is 3. The summed E-state index contributed by atoms with van der Waals surface area (Å²) in [6.07, 6.45) is 1.70. The Kier molecular flexibility index (Phi) is 4.01. The zero-order valence-corrected chi connectivity index (χ0v) is 14.3. The number of para-hydroxylation sites is 2. The molecule has 1 amide bonds. The van der Waals surface area contributed by atoms with E-state index in [1.54, 1.807) is 23.8 Å². The Morgan fingerprint density at radius 1 is 1.12 bits per heavy atom. The van der Waals surface area contributed by atoms with Gasteiger partial charge >= 0.3 is 0 Å². The molecule has 2 N–H and O–H groups in total. The normalized spacial score (nSPS) is 11.1. The molecule has 0 spiro atoms. The number of benzene rings is 2. The summed E-state index contributed by atoms with van der Waals surface area (Å²) in [6, 6.07) is 14.9. The van der Waals surface area contributed by atoms with Crippen molar-refractivity contribution in [1.29, 1.82) is 0 Å². The maximum Gasteiger partial charge on any atom is 0.261 e. The molecule has 130 valence electrons. The number of nitrogens with one attached hydrogen (secondary N) is 2. The molecule has 0 saturated carbocycles. The van der Waals surface area contributed by atoms with Gasteiger partial charge in [-0.3, -0.25) is 14.2 Å². The Morgan fingerprint density at radius 3 is 2.69 bits per heavy atom. The predicted molar refractivity (Wildman–Crippen MR) is 101 cm³/mol. The summed E-state index contributed by atoms with van der Waals surface area (Å²) < 4.78 is 1.60. The molecule has 0 saturated heterocycles. The van der Waals surface area contributed by atoms with Crippen LogP contribution in [0.5, 0.6) is 0 Å². The zero-order chi connectivity index (χ0) is 18.1. The molecule has 6 heteroatoms. The van der Waals surface area contributed by atoms with Gasteiger partial charge < -0.3 is 10.3 Å². The third-order valence-corrected chi connectivity index (χ3v) is 4.51. The third kappa shape index (κ3) is 2.75. The second kappa shape index (κ2) is 6.48. The fourth-order valence-electron chi connectivity index (χ4n) is 3.18. The molecule has 4 rings (SSSR count). The summed E-state index contributed by atoms with van der Waals surface area (Å²) in [4.78, 5) is 32.7. The highest BCUT2D eigenvalue weighted by Gasteiger charge is 2.12. The summed E-state index contributed by atoms with van der Waals surface area (Å²) in [7, 11) is 0. The molecule has 0 unspecified atom stereocenters. The SMILES string of the molecule is Cc1nc2ccccc2c(=O)n1CCNC(=O)c1c[nH]c2ccccc12. The van der Waals surface area contributed by atoms with Crippen LogP contribution >= 0.6 is 0 Å². The Bertz CT molecular complexity index is 1170. The van der Waals surface area contributed by atoms with E-state index in [0.29, 0.717) is 35.4 Å². The van der Waals surface area contributed by atoms with E-state index in [0.717, 1.165) is 10.9 Å². The fourth-order valence-corrected chi connectivity index (χ4v) is 3.18. The molecule has 0 aliphatic carbocycles. The molecule has 2 aromatic heterocycles. The van der Waals surface area contributed by atoms with Crippen LogP contribution in [-0.2, 0) is 6.54 Å². The molecular weight excluding hydrogens is 328 g/mol. The van der Waals surface area contributed by atoms with Gasteiger partial charge in [0, 0.05) is 30.2 Å². The molecule has 26 heavy (non-hydrogen) atoms. The molecule has 6 nitrogen and oxygen atoms in total. The molecule has 0 bridgehead atoms. The number of amides is 1. The van der Waals surface area contributed by atoms with Crippen molar-refractivity contribution >= 4 is 27.7 Å². The first-order valence-corrected chi connectivity index (χ1v) is 8.45. The topological polar surface area (TPSA) is 79.8 Å². The number of nitrogens with zero attached hydrogens (tertiary/aromatic N) is 2. The summed E-state index contributed by atoms with van der Waals surface area (Å²) in [5.41, 5.74) is 2.12. The lowest BCUT2D eigenvalue weighted by molar-refractivity contribution is 0.0953. The first-order chi connectivity index (χ1) is 12.6. The average Bonchev–Trinajstić information content (AvgIpc) is 3.08. The van der Waals surface area contributed by atoms with Gasteiger partial charge in [0.2, 0.25) is 0 Å². The first-order valence-electron chi connectivity index (χ1n) is 8.45. The van der Waals surface area contributed by atoms with Crippen molar-refractivity contribution in [3.63, 3.8) is 0 Å². The Morgan fingerprint density at radius 2 is 1.85 bits per heavy atom. The predicted octanol–water partition coefficient (Wildman–Crippen LogP) is 2.62. The number of hydrogen-bond donors (Lipinski definition) is 2. The minimum atomic E-state index is -0.165. The lowest BCUT2D eigenvalue weighted by Gasteiger charge is -2.11. The molecular formula is C20H18N4O2. The van der Waals surface area contributed by atoms with Crippen molar-refractivity contribution in [2.75, 3.05) is 6.54 Å². The van der Waals surface area contributed by atoms with Crippen LogP contribution in [0.3, 0.4) is 0 Å². The molecule has 0 fully saturated rings. The lowest BCUT2D eigenvalue weighted by atomic mass is 10.1. The van der Waals surface area contributed by atoms with E-state index in [1.807, 2.05) is 42.5 Å². The Balaban J connectivity index is 1.52. The van der Waals surface area contributed by atoms with Crippen LogP contribution in [0.25, 0.3) is 21.8 Å². The van der Waals surface area contributed by atoms with Gasteiger partial charge in [0.25, 0.3) is 11.5 Å². The quantitative estimate of drug-likeness (QED) is 0.596. The number of fused-ring (bicyclic) bond motifs is 2. The van der Waals surface area contributed by atoms with Crippen LogP contribution in [0.2, 0.25) is 0 Å². The highest BCUT2D eigenvalue weighted by molar-refractivity contribution is 6.06. The van der Waals surface area contributed by atoms with E-state index < -0.39 is 0 Å².